The van der Waals surface area contributed by atoms with Gasteiger partial charge in [-0.15, -0.1) is 5.10 Å². The molecule has 4 aromatic rings. The standard InChI is InChI=1S/C20H16FN5O3/c1-13-23-24-25-26(13)16-4-2-3-15(11-16)22-20(27)19-10-9-18(29-19)12-28-17-7-5-14(21)6-8-17/h2-11H,12H2,1H3,(H,22,27). The Morgan fingerprint density at radius 1 is 1.17 bits per heavy atom. The molecule has 1 N–H and O–H groups in total. The lowest BCUT2D eigenvalue weighted by Crippen LogP contribution is -2.11. The number of anilines is 1. The average molecular weight is 393 g/mol. The molecular formula is C20H16FN5O3. The summed E-state index contributed by atoms with van der Waals surface area (Å²) in [5.74, 6) is 1.01. The van der Waals surface area contributed by atoms with Crippen LogP contribution in [0.5, 0.6) is 5.75 Å². The van der Waals surface area contributed by atoms with Crippen LogP contribution >= 0.6 is 0 Å². The molecule has 0 aliphatic rings. The highest BCUT2D eigenvalue weighted by molar-refractivity contribution is 6.02. The van der Waals surface area contributed by atoms with Crippen LogP contribution in [-0.2, 0) is 6.61 Å². The molecule has 4 rings (SSSR count). The molecule has 2 aromatic heterocycles. The van der Waals surface area contributed by atoms with Gasteiger partial charge in [-0.1, -0.05) is 6.07 Å². The Hall–Kier alpha value is -4.01. The number of carbonyl (C=O) groups excluding carboxylic acids is 1. The molecular weight excluding hydrogens is 377 g/mol. The number of halogens is 1. The van der Waals surface area contributed by atoms with Crippen molar-refractivity contribution >= 4 is 11.6 Å². The van der Waals surface area contributed by atoms with Crippen LogP contribution in [0.15, 0.2) is 65.1 Å². The minimum Gasteiger partial charge on any atom is -0.486 e. The lowest BCUT2D eigenvalue weighted by atomic mass is 10.2. The van der Waals surface area contributed by atoms with Crippen molar-refractivity contribution in [2.45, 2.75) is 13.5 Å². The van der Waals surface area contributed by atoms with Gasteiger partial charge in [-0.25, -0.2) is 4.39 Å². The first-order valence-corrected chi connectivity index (χ1v) is 8.72. The SMILES string of the molecule is Cc1nnnn1-c1cccc(NC(=O)c2ccc(COc3ccc(F)cc3)o2)c1. The normalized spacial score (nSPS) is 10.7. The van der Waals surface area contributed by atoms with Crippen molar-refractivity contribution in [2.24, 2.45) is 0 Å². The zero-order valence-corrected chi connectivity index (χ0v) is 15.4. The predicted octanol–water partition coefficient (Wildman–Crippen LogP) is 3.53. The number of benzene rings is 2. The van der Waals surface area contributed by atoms with Gasteiger partial charge >= 0.3 is 0 Å². The number of hydrogen-bond acceptors (Lipinski definition) is 6. The first-order chi connectivity index (χ1) is 14.1. The van der Waals surface area contributed by atoms with E-state index in [1.807, 2.05) is 6.07 Å². The number of hydrogen-bond donors (Lipinski definition) is 1. The minimum absolute atomic E-state index is 0.118. The number of rotatable bonds is 6. The smallest absolute Gasteiger partial charge is 0.291 e. The van der Waals surface area contributed by atoms with E-state index in [9.17, 15) is 9.18 Å². The molecule has 146 valence electrons. The number of ether oxygens (including phenoxy) is 1. The summed E-state index contributed by atoms with van der Waals surface area (Å²) in [4.78, 5) is 12.5. The van der Waals surface area contributed by atoms with Crippen molar-refractivity contribution < 1.29 is 18.3 Å². The molecule has 2 aromatic carbocycles. The maximum absolute atomic E-state index is 12.9. The Bertz CT molecular complexity index is 1140. The molecule has 8 nitrogen and oxygen atoms in total. The van der Waals surface area contributed by atoms with Gasteiger partial charge in [0.1, 0.15) is 23.9 Å². The van der Waals surface area contributed by atoms with Crippen LogP contribution in [0.2, 0.25) is 0 Å². The maximum atomic E-state index is 12.9. The molecule has 0 saturated carbocycles. The average Bonchev–Trinajstić information content (AvgIpc) is 3.37. The van der Waals surface area contributed by atoms with Crippen molar-refractivity contribution in [3.05, 3.63) is 83.8 Å². The lowest BCUT2D eigenvalue weighted by molar-refractivity contribution is 0.0992. The van der Waals surface area contributed by atoms with E-state index in [0.29, 0.717) is 23.0 Å². The van der Waals surface area contributed by atoms with Crippen LogP contribution in [0.3, 0.4) is 0 Å². The minimum atomic E-state index is -0.399. The molecule has 0 aliphatic carbocycles. The molecule has 0 aliphatic heterocycles. The molecule has 0 fully saturated rings. The fourth-order valence-electron chi connectivity index (χ4n) is 2.64. The van der Waals surface area contributed by atoms with Crippen molar-refractivity contribution in [1.82, 2.24) is 20.2 Å². The van der Waals surface area contributed by atoms with Crippen LogP contribution in [0.25, 0.3) is 5.69 Å². The van der Waals surface area contributed by atoms with E-state index in [2.05, 4.69) is 20.8 Å². The second-order valence-corrected chi connectivity index (χ2v) is 6.15. The quantitative estimate of drug-likeness (QED) is 0.538. The summed E-state index contributed by atoms with van der Waals surface area (Å²) in [5, 5.41) is 14.1. The van der Waals surface area contributed by atoms with E-state index >= 15 is 0 Å². The van der Waals surface area contributed by atoms with E-state index in [-0.39, 0.29) is 18.2 Å². The van der Waals surface area contributed by atoms with Crippen molar-refractivity contribution in [1.29, 1.82) is 0 Å². The summed E-state index contributed by atoms with van der Waals surface area (Å²) in [6, 6.07) is 16.0. The Kier molecular flexibility index (Phi) is 5.02. The van der Waals surface area contributed by atoms with Crippen LogP contribution < -0.4 is 10.1 Å². The van der Waals surface area contributed by atoms with Gasteiger partial charge in [0.25, 0.3) is 5.91 Å². The molecule has 29 heavy (non-hydrogen) atoms. The third-order valence-electron chi connectivity index (χ3n) is 4.05. The summed E-state index contributed by atoms with van der Waals surface area (Å²) in [6.45, 7) is 1.90. The van der Waals surface area contributed by atoms with Crippen LogP contribution in [-0.4, -0.2) is 26.1 Å². The Balaban J connectivity index is 1.40. The topological polar surface area (TPSA) is 95.1 Å². The number of aryl methyl sites for hydroxylation is 1. The summed E-state index contributed by atoms with van der Waals surface area (Å²) < 4.78 is 25.5. The molecule has 0 saturated heterocycles. The Morgan fingerprint density at radius 2 is 2.00 bits per heavy atom. The van der Waals surface area contributed by atoms with Gasteiger partial charge in [0.15, 0.2) is 11.6 Å². The monoisotopic (exact) mass is 393 g/mol. The molecule has 0 spiro atoms. The Labute approximate surface area is 164 Å². The third-order valence-corrected chi connectivity index (χ3v) is 4.05. The number of nitrogens with zero attached hydrogens (tertiary/aromatic N) is 4. The molecule has 0 atom stereocenters. The van der Waals surface area contributed by atoms with E-state index in [1.54, 1.807) is 41.9 Å². The fraction of sp³-hybridized carbons (Fsp3) is 0.100. The molecule has 0 radical (unpaired) electrons. The Morgan fingerprint density at radius 3 is 2.76 bits per heavy atom. The van der Waals surface area contributed by atoms with Gasteiger partial charge in [0, 0.05) is 5.69 Å². The second-order valence-electron chi connectivity index (χ2n) is 6.15. The van der Waals surface area contributed by atoms with Crippen molar-refractivity contribution in [3.8, 4) is 11.4 Å². The molecule has 2 heterocycles. The van der Waals surface area contributed by atoms with Crippen molar-refractivity contribution in [3.63, 3.8) is 0 Å². The van der Waals surface area contributed by atoms with E-state index < -0.39 is 5.91 Å². The fourth-order valence-corrected chi connectivity index (χ4v) is 2.64. The summed E-state index contributed by atoms with van der Waals surface area (Å²) in [7, 11) is 0. The summed E-state index contributed by atoms with van der Waals surface area (Å²) >= 11 is 0. The van der Waals surface area contributed by atoms with Gasteiger partial charge < -0.3 is 14.5 Å². The maximum Gasteiger partial charge on any atom is 0.291 e. The zero-order valence-electron chi connectivity index (χ0n) is 15.4. The first-order valence-electron chi connectivity index (χ1n) is 8.72. The first kappa shape index (κ1) is 18.4. The highest BCUT2D eigenvalue weighted by Gasteiger charge is 2.13. The van der Waals surface area contributed by atoms with Crippen LogP contribution in [0, 0.1) is 12.7 Å². The van der Waals surface area contributed by atoms with E-state index in [0.717, 1.165) is 5.69 Å². The van der Waals surface area contributed by atoms with Gasteiger partial charge in [-0.3, -0.25) is 4.79 Å². The highest BCUT2D eigenvalue weighted by atomic mass is 19.1. The van der Waals surface area contributed by atoms with E-state index in [4.69, 9.17) is 9.15 Å². The largest absolute Gasteiger partial charge is 0.486 e. The molecule has 9 heteroatoms. The zero-order chi connectivity index (χ0) is 20.2. The van der Waals surface area contributed by atoms with Crippen LogP contribution in [0.1, 0.15) is 22.1 Å². The van der Waals surface area contributed by atoms with Crippen LogP contribution in [0.4, 0.5) is 10.1 Å². The number of amides is 1. The molecule has 0 bridgehead atoms. The summed E-state index contributed by atoms with van der Waals surface area (Å²) in [5.41, 5.74) is 1.29. The van der Waals surface area contributed by atoms with E-state index in [1.165, 1.54) is 24.3 Å². The van der Waals surface area contributed by atoms with Gasteiger partial charge in [-0.2, -0.15) is 4.68 Å². The number of nitrogens with one attached hydrogen (secondary N) is 1. The van der Waals surface area contributed by atoms with Gasteiger partial charge in [0.2, 0.25) is 0 Å². The number of aromatic nitrogens is 4. The second kappa shape index (κ2) is 7.93. The third kappa shape index (κ3) is 4.29. The predicted molar refractivity (Wildman–Crippen MR) is 101 cm³/mol. The van der Waals surface area contributed by atoms with Gasteiger partial charge in [0.05, 0.1) is 5.69 Å². The number of tetrazole rings is 1. The highest BCUT2D eigenvalue weighted by Crippen LogP contribution is 2.18. The van der Waals surface area contributed by atoms with Gasteiger partial charge in [-0.05, 0) is 71.9 Å². The lowest BCUT2D eigenvalue weighted by Gasteiger charge is -2.07. The molecule has 0 unspecified atom stereocenters. The molecule has 1 amide bonds. The number of carbonyl (C=O) groups is 1. The number of furan rings is 1. The van der Waals surface area contributed by atoms with Crippen molar-refractivity contribution in [2.75, 3.05) is 5.32 Å². The summed E-state index contributed by atoms with van der Waals surface area (Å²) in [6.07, 6.45) is 0.